The van der Waals surface area contributed by atoms with Crippen molar-refractivity contribution in [2.75, 3.05) is 10.6 Å². The molecular formula is C26H18FN6NaO3. The van der Waals surface area contributed by atoms with Crippen LogP contribution in [-0.4, -0.2) is 32.0 Å². The number of H-pyrrole nitrogens is 1. The number of hydrogen-bond donors (Lipinski definition) is 3. The van der Waals surface area contributed by atoms with E-state index in [0.29, 0.717) is 28.5 Å². The molecule has 0 atom stereocenters. The van der Waals surface area contributed by atoms with Gasteiger partial charge in [0.2, 0.25) is 5.91 Å². The second-order valence-electron chi connectivity index (χ2n) is 7.96. The van der Waals surface area contributed by atoms with Crippen LogP contribution in [0, 0.1) is 5.82 Å². The topological polar surface area (TPSA) is 136 Å². The summed E-state index contributed by atoms with van der Waals surface area (Å²) in [6, 6.07) is 19.4. The summed E-state index contributed by atoms with van der Waals surface area (Å²) >= 11 is 0. The third kappa shape index (κ3) is 6.18. The zero-order valence-electron chi connectivity index (χ0n) is 19.7. The van der Waals surface area contributed by atoms with Gasteiger partial charge in [0.1, 0.15) is 18.0 Å². The van der Waals surface area contributed by atoms with Crippen molar-refractivity contribution in [3.8, 4) is 11.1 Å². The summed E-state index contributed by atoms with van der Waals surface area (Å²) in [7, 11) is 0. The number of nitrogens with one attached hydrogen (secondary N) is 3. The molecule has 0 saturated heterocycles. The molecular weight excluding hydrogens is 486 g/mol. The Balaban J connectivity index is 0.00000320. The maximum atomic E-state index is 13.3. The Morgan fingerprint density at radius 1 is 0.946 bits per heavy atom. The number of carbonyl (C=O) groups excluding carboxylic acids is 2. The van der Waals surface area contributed by atoms with Crippen LogP contribution in [-0.2, 0) is 11.2 Å². The number of aromatic carboxylic acids is 1. The molecule has 0 radical (unpaired) electrons. The van der Waals surface area contributed by atoms with Crippen LogP contribution in [0.1, 0.15) is 16.1 Å². The van der Waals surface area contributed by atoms with Crippen LogP contribution < -0.4 is 45.3 Å². The zero-order chi connectivity index (χ0) is 25.1. The van der Waals surface area contributed by atoms with E-state index in [-0.39, 0.29) is 47.4 Å². The molecule has 0 aliphatic rings. The quantitative estimate of drug-likeness (QED) is 0.274. The Labute approximate surface area is 232 Å². The van der Waals surface area contributed by atoms with Gasteiger partial charge in [-0.25, -0.2) is 14.4 Å². The molecule has 2 aromatic heterocycles. The normalized spacial score (nSPS) is 10.5. The van der Waals surface area contributed by atoms with E-state index in [4.69, 9.17) is 0 Å². The molecule has 0 aliphatic heterocycles. The zero-order valence-corrected chi connectivity index (χ0v) is 21.7. The van der Waals surface area contributed by atoms with Crippen LogP contribution in [0.25, 0.3) is 22.0 Å². The van der Waals surface area contributed by atoms with Gasteiger partial charge < -0.3 is 20.5 Å². The van der Waals surface area contributed by atoms with E-state index in [0.717, 1.165) is 16.5 Å². The minimum Gasteiger partial charge on any atom is -0.545 e. The number of benzene rings is 3. The summed E-state index contributed by atoms with van der Waals surface area (Å²) in [5, 5.41) is 24.5. The third-order valence-corrected chi connectivity index (χ3v) is 5.43. The smallest absolute Gasteiger partial charge is 0.545 e. The van der Waals surface area contributed by atoms with Crippen molar-refractivity contribution in [2.24, 2.45) is 0 Å². The molecule has 178 valence electrons. The van der Waals surface area contributed by atoms with E-state index in [9.17, 15) is 19.1 Å². The number of rotatable bonds is 7. The Morgan fingerprint density at radius 3 is 2.49 bits per heavy atom. The van der Waals surface area contributed by atoms with Crippen LogP contribution in [0.15, 0.2) is 79.1 Å². The van der Waals surface area contributed by atoms with Gasteiger partial charge in [0.05, 0.1) is 17.9 Å². The maximum Gasteiger partial charge on any atom is 1.00 e. The first-order valence-corrected chi connectivity index (χ1v) is 10.9. The molecule has 2 heterocycles. The minimum atomic E-state index is -1.22. The molecule has 1 amide bonds. The van der Waals surface area contributed by atoms with Gasteiger partial charge >= 0.3 is 29.6 Å². The van der Waals surface area contributed by atoms with Crippen molar-refractivity contribution in [3.05, 3.63) is 96.2 Å². The molecule has 5 rings (SSSR count). The summed E-state index contributed by atoms with van der Waals surface area (Å²) in [5.74, 6) is -0.981. The van der Waals surface area contributed by atoms with Crippen molar-refractivity contribution in [2.45, 2.75) is 6.42 Å². The first-order chi connectivity index (χ1) is 17.4. The van der Waals surface area contributed by atoms with Crippen molar-refractivity contribution in [3.63, 3.8) is 0 Å². The number of fused-ring (bicyclic) bond motifs is 1. The standard InChI is InChI=1S/C26H19FN6O3.Na/c27-18-2-1-3-19(11-18)30-24(34)13-20-12-23(33-32-20)31-25-21-9-8-17(10-22(21)28-14-29-25)15-4-6-16(7-5-15)26(35)36;/h1-12,14H,13H2,(H,30,34)(H,35,36)(H2,28,29,31,32,33);/q;+1/p-1. The Hall–Kier alpha value is -4.12. The molecule has 0 bridgehead atoms. The first kappa shape index (κ1) is 26.0. The van der Waals surface area contributed by atoms with E-state index < -0.39 is 11.8 Å². The average Bonchev–Trinajstić information content (AvgIpc) is 3.30. The van der Waals surface area contributed by atoms with Crippen LogP contribution >= 0.6 is 0 Å². The van der Waals surface area contributed by atoms with Crippen molar-refractivity contribution < 1.29 is 48.6 Å². The number of carboxylic acid groups (broad SMARTS) is 1. The molecule has 0 aliphatic carbocycles. The van der Waals surface area contributed by atoms with Crippen LogP contribution in [0.2, 0.25) is 0 Å². The molecule has 9 nitrogen and oxygen atoms in total. The van der Waals surface area contributed by atoms with E-state index >= 15 is 0 Å². The number of nitrogens with zero attached hydrogens (tertiary/aromatic N) is 3. The number of carboxylic acids is 1. The molecule has 0 spiro atoms. The summed E-state index contributed by atoms with van der Waals surface area (Å²) in [4.78, 5) is 31.9. The fourth-order valence-corrected chi connectivity index (χ4v) is 3.72. The fraction of sp³-hybridized carbons (Fsp3) is 0.0385. The van der Waals surface area contributed by atoms with E-state index in [1.54, 1.807) is 24.3 Å². The number of carbonyl (C=O) groups is 2. The van der Waals surface area contributed by atoms with Crippen LogP contribution in [0.4, 0.5) is 21.7 Å². The van der Waals surface area contributed by atoms with Gasteiger partial charge in [0.15, 0.2) is 5.82 Å². The molecule has 0 unspecified atom stereocenters. The first-order valence-electron chi connectivity index (χ1n) is 10.9. The fourth-order valence-electron chi connectivity index (χ4n) is 3.72. The predicted octanol–water partition coefficient (Wildman–Crippen LogP) is 0.451. The Bertz CT molecular complexity index is 1590. The molecule has 3 N–H and O–H groups in total. The number of aromatic amines is 1. The largest absolute Gasteiger partial charge is 1.00 e. The predicted molar refractivity (Wildman–Crippen MR) is 130 cm³/mol. The molecule has 37 heavy (non-hydrogen) atoms. The van der Waals surface area contributed by atoms with Crippen LogP contribution in [0.5, 0.6) is 0 Å². The van der Waals surface area contributed by atoms with Gasteiger partial charge in [0.25, 0.3) is 0 Å². The number of amides is 1. The van der Waals surface area contributed by atoms with Gasteiger partial charge in [-0.2, -0.15) is 5.10 Å². The number of halogens is 1. The minimum absolute atomic E-state index is 0. The molecule has 3 aromatic carbocycles. The van der Waals surface area contributed by atoms with Crippen molar-refractivity contribution in [1.82, 2.24) is 20.2 Å². The van der Waals surface area contributed by atoms with E-state index in [2.05, 4.69) is 30.8 Å². The molecule has 11 heteroatoms. The Kier molecular flexibility index (Phi) is 7.92. The maximum absolute atomic E-state index is 13.3. The summed E-state index contributed by atoms with van der Waals surface area (Å²) < 4.78 is 13.3. The van der Waals surface area contributed by atoms with Gasteiger partial charge in [-0.3, -0.25) is 9.89 Å². The van der Waals surface area contributed by atoms with Crippen molar-refractivity contribution >= 4 is 40.1 Å². The van der Waals surface area contributed by atoms with Crippen molar-refractivity contribution in [1.29, 1.82) is 0 Å². The summed E-state index contributed by atoms with van der Waals surface area (Å²) in [5.41, 5.74) is 3.43. The number of aromatic nitrogens is 4. The summed E-state index contributed by atoms with van der Waals surface area (Å²) in [6.45, 7) is 0. The average molecular weight is 504 g/mol. The van der Waals surface area contributed by atoms with Gasteiger partial charge in [-0.1, -0.05) is 36.4 Å². The van der Waals surface area contributed by atoms with Gasteiger partial charge in [0, 0.05) is 22.8 Å². The van der Waals surface area contributed by atoms with E-state index in [1.807, 2.05) is 18.2 Å². The summed E-state index contributed by atoms with van der Waals surface area (Å²) in [6.07, 6.45) is 1.45. The van der Waals surface area contributed by atoms with Gasteiger partial charge in [-0.05, 0) is 47.0 Å². The molecule has 5 aromatic rings. The van der Waals surface area contributed by atoms with Gasteiger partial charge in [-0.15, -0.1) is 0 Å². The molecule has 0 fully saturated rings. The molecule has 0 saturated carbocycles. The third-order valence-electron chi connectivity index (χ3n) is 5.43. The van der Waals surface area contributed by atoms with E-state index in [1.165, 1.54) is 36.7 Å². The second kappa shape index (κ2) is 11.3. The van der Waals surface area contributed by atoms with Crippen LogP contribution in [0.3, 0.4) is 0 Å². The number of hydrogen-bond acceptors (Lipinski definition) is 7. The monoisotopic (exact) mass is 504 g/mol. The Morgan fingerprint density at radius 2 is 1.73 bits per heavy atom. The second-order valence-corrected chi connectivity index (χ2v) is 7.96. The SMILES string of the molecule is O=C(Cc1cc(Nc2ncnc3cc(-c4ccc(C(=O)[O-])cc4)ccc23)n[nH]1)Nc1cccc(F)c1.[Na+]. The number of anilines is 3.